The van der Waals surface area contributed by atoms with E-state index in [0.29, 0.717) is 6.61 Å². The van der Waals surface area contributed by atoms with E-state index in [-0.39, 0.29) is 11.7 Å². The van der Waals surface area contributed by atoms with Crippen molar-refractivity contribution in [3.05, 3.63) is 0 Å². The molecule has 1 aliphatic rings. The van der Waals surface area contributed by atoms with Crippen molar-refractivity contribution in [3.63, 3.8) is 0 Å². The van der Waals surface area contributed by atoms with Crippen LogP contribution in [0, 0.1) is 0 Å². The maximum atomic E-state index is 9.91. The molecule has 1 rings (SSSR count). The largest absolute Gasteiger partial charge is 0.389 e. The topological polar surface area (TPSA) is 35.9 Å². The predicted molar refractivity (Wildman–Crippen MR) is 70.3 cm³/mol. The molecule has 0 aromatic carbocycles. The number of nitrogens with zero attached hydrogens (tertiary/aromatic N) is 2. The molecule has 0 aromatic heterocycles. The molecule has 102 valence electrons. The van der Waals surface area contributed by atoms with Gasteiger partial charge in [0.1, 0.15) is 0 Å². The standard InChI is InChI=1S/C13H28N2O2/c1-5-14-6-8-15(9-7-14)10-12(16)11-17-13(2,3)4/h12,16H,5-11H2,1-4H3/t12-/m0/s1. The van der Waals surface area contributed by atoms with Gasteiger partial charge in [-0.05, 0) is 27.3 Å². The highest BCUT2D eigenvalue weighted by Crippen LogP contribution is 2.08. The summed E-state index contributed by atoms with van der Waals surface area (Å²) in [6.45, 7) is 14.9. The van der Waals surface area contributed by atoms with Gasteiger partial charge in [-0.15, -0.1) is 0 Å². The lowest BCUT2D eigenvalue weighted by Gasteiger charge is -2.35. The van der Waals surface area contributed by atoms with E-state index < -0.39 is 0 Å². The Balaban J connectivity index is 2.17. The zero-order chi connectivity index (χ0) is 12.9. The maximum Gasteiger partial charge on any atom is 0.0900 e. The Labute approximate surface area is 106 Å². The Kier molecular flexibility index (Phi) is 5.86. The number of likely N-dealkylation sites (N-methyl/N-ethyl adjacent to an activating group) is 1. The number of ether oxygens (including phenoxy) is 1. The van der Waals surface area contributed by atoms with Crippen molar-refractivity contribution >= 4 is 0 Å². The van der Waals surface area contributed by atoms with Crippen molar-refractivity contribution < 1.29 is 9.84 Å². The van der Waals surface area contributed by atoms with E-state index in [4.69, 9.17) is 4.74 Å². The van der Waals surface area contributed by atoms with Gasteiger partial charge in [-0.25, -0.2) is 0 Å². The van der Waals surface area contributed by atoms with Gasteiger partial charge >= 0.3 is 0 Å². The van der Waals surface area contributed by atoms with Gasteiger partial charge in [-0.2, -0.15) is 0 Å². The fourth-order valence-corrected chi connectivity index (χ4v) is 1.99. The van der Waals surface area contributed by atoms with Crippen LogP contribution in [0.15, 0.2) is 0 Å². The predicted octanol–water partition coefficient (Wildman–Crippen LogP) is 0.800. The molecule has 1 heterocycles. The van der Waals surface area contributed by atoms with Gasteiger partial charge < -0.3 is 14.7 Å². The number of aliphatic hydroxyl groups excluding tert-OH is 1. The molecule has 0 bridgehead atoms. The monoisotopic (exact) mass is 244 g/mol. The lowest BCUT2D eigenvalue weighted by atomic mass is 10.2. The number of aliphatic hydroxyl groups is 1. The van der Waals surface area contributed by atoms with Gasteiger partial charge in [0.05, 0.1) is 18.3 Å². The van der Waals surface area contributed by atoms with Gasteiger partial charge in [0, 0.05) is 32.7 Å². The first kappa shape index (κ1) is 14.9. The van der Waals surface area contributed by atoms with Crippen LogP contribution in [0.4, 0.5) is 0 Å². The van der Waals surface area contributed by atoms with Crippen molar-refractivity contribution in [2.75, 3.05) is 45.9 Å². The first-order chi connectivity index (χ1) is 7.90. The second kappa shape index (κ2) is 6.69. The molecule has 0 amide bonds. The lowest BCUT2D eigenvalue weighted by molar-refractivity contribution is -0.0585. The van der Waals surface area contributed by atoms with E-state index in [1.54, 1.807) is 0 Å². The summed E-state index contributed by atoms with van der Waals surface area (Å²) in [7, 11) is 0. The Bertz CT molecular complexity index is 208. The summed E-state index contributed by atoms with van der Waals surface area (Å²) in [5.74, 6) is 0. The van der Waals surface area contributed by atoms with Crippen LogP contribution in [0.1, 0.15) is 27.7 Å². The molecular formula is C13H28N2O2. The van der Waals surface area contributed by atoms with Gasteiger partial charge in [-0.1, -0.05) is 6.92 Å². The number of β-amino-alcohol motifs (C(OH)–C–C–N with tert-alkyl or cyclic N) is 1. The molecule has 0 spiro atoms. The third-order valence-electron chi connectivity index (χ3n) is 3.09. The minimum atomic E-state index is -0.373. The highest BCUT2D eigenvalue weighted by molar-refractivity contribution is 4.74. The van der Waals surface area contributed by atoms with E-state index in [2.05, 4.69) is 16.7 Å². The van der Waals surface area contributed by atoms with Crippen molar-refractivity contribution in [1.82, 2.24) is 9.80 Å². The zero-order valence-electron chi connectivity index (χ0n) is 11.8. The molecule has 0 saturated carbocycles. The fraction of sp³-hybridized carbons (Fsp3) is 1.00. The fourth-order valence-electron chi connectivity index (χ4n) is 1.99. The summed E-state index contributed by atoms with van der Waals surface area (Å²) >= 11 is 0. The minimum absolute atomic E-state index is 0.165. The second-order valence-corrected chi connectivity index (χ2v) is 5.81. The van der Waals surface area contributed by atoms with Crippen LogP contribution < -0.4 is 0 Å². The molecular weight excluding hydrogens is 216 g/mol. The number of hydrogen-bond acceptors (Lipinski definition) is 4. The number of rotatable bonds is 5. The molecule has 4 heteroatoms. The number of hydrogen-bond donors (Lipinski definition) is 1. The second-order valence-electron chi connectivity index (χ2n) is 5.81. The Morgan fingerprint density at radius 2 is 1.65 bits per heavy atom. The zero-order valence-corrected chi connectivity index (χ0v) is 11.8. The third kappa shape index (κ3) is 6.36. The summed E-state index contributed by atoms with van der Waals surface area (Å²) in [5.41, 5.74) is -0.165. The Morgan fingerprint density at radius 3 is 2.12 bits per heavy atom. The normalized spacial score (nSPS) is 21.7. The van der Waals surface area contributed by atoms with Crippen molar-refractivity contribution in [1.29, 1.82) is 0 Å². The van der Waals surface area contributed by atoms with Crippen molar-refractivity contribution in [3.8, 4) is 0 Å². The van der Waals surface area contributed by atoms with E-state index in [9.17, 15) is 5.11 Å². The van der Waals surface area contributed by atoms with Gasteiger partial charge in [-0.3, -0.25) is 4.90 Å². The molecule has 0 radical (unpaired) electrons. The van der Waals surface area contributed by atoms with E-state index >= 15 is 0 Å². The molecule has 1 saturated heterocycles. The first-order valence-corrected chi connectivity index (χ1v) is 6.67. The van der Waals surface area contributed by atoms with Crippen LogP contribution in [0.5, 0.6) is 0 Å². The molecule has 0 aliphatic carbocycles. The summed E-state index contributed by atoms with van der Waals surface area (Å²) in [6, 6.07) is 0. The van der Waals surface area contributed by atoms with Crippen LogP contribution >= 0.6 is 0 Å². The van der Waals surface area contributed by atoms with Crippen molar-refractivity contribution in [2.45, 2.75) is 39.4 Å². The highest BCUT2D eigenvalue weighted by atomic mass is 16.5. The highest BCUT2D eigenvalue weighted by Gasteiger charge is 2.19. The Hall–Kier alpha value is -0.160. The number of piperazine rings is 1. The average Bonchev–Trinajstić information content (AvgIpc) is 2.27. The molecule has 1 atom stereocenters. The van der Waals surface area contributed by atoms with Crippen LogP contribution in [-0.2, 0) is 4.74 Å². The van der Waals surface area contributed by atoms with E-state index in [0.717, 1.165) is 39.3 Å². The average molecular weight is 244 g/mol. The van der Waals surface area contributed by atoms with Crippen LogP contribution in [0.3, 0.4) is 0 Å². The summed E-state index contributed by atoms with van der Waals surface area (Å²) in [4.78, 5) is 4.76. The summed E-state index contributed by atoms with van der Waals surface area (Å²) in [6.07, 6.45) is -0.373. The SMILES string of the molecule is CCN1CCN(C[C@H](O)COC(C)(C)C)CC1. The molecule has 0 unspecified atom stereocenters. The summed E-state index contributed by atoms with van der Waals surface area (Å²) < 4.78 is 5.59. The Morgan fingerprint density at radius 1 is 1.12 bits per heavy atom. The van der Waals surface area contributed by atoms with E-state index in [1.165, 1.54) is 0 Å². The quantitative estimate of drug-likeness (QED) is 0.776. The van der Waals surface area contributed by atoms with Crippen LogP contribution in [0.25, 0.3) is 0 Å². The maximum absolute atomic E-state index is 9.91. The van der Waals surface area contributed by atoms with Gasteiger partial charge in [0.2, 0.25) is 0 Å². The molecule has 1 aliphatic heterocycles. The molecule has 1 fully saturated rings. The van der Waals surface area contributed by atoms with Crippen LogP contribution in [0.2, 0.25) is 0 Å². The molecule has 4 nitrogen and oxygen atoms in total. The molecule has 1 N–H and O–H groups in total. The van der Waals surface area contributed by atoms with Crippen LogP contribution in [-0.4, -0.2) is 72.5 Å². The summed E-state index contributed by atoms with van der Waals surface area (Å²) in [5, 5.41) is 9.91. The first-order valence-electron chi connectivity index (χ1n) is 6.67. The van der Waals surface area contributed by atoms with Crippen molar-refractivity contribution in [2.24, 2.45) is 0 Å². The molecule has 0 aromatic rings. The van der Waals surface area contributed by atoms with Gasteiger partial charge in [0.15, 0.2) is 0 Å². The smallest absolute Gasteiger partial charge is 0.0900 e. The van der Waals surface area contributed by atoms with Gasteiger partial charge in [0.25, 0.3) is 0 Å². The lowest BCUT2D eigenvalue weighted by Crippen LogP contribution is -2.49. The molecule has 17 heavy (non-hydrogen) atoms. The van der Waals surface area contributed by atoms with E-state index in [1.807, 2.05) is 20.8 Å². The minimum Gasteiger partial charge on any atom is -0.389 e. The third-order valence-corrected chi connectivity index (χ3v) is 3.09.